The second kappa shape index (κ2) is 12.5. The molecular weight excluding hydrogens is 479 g/mol. The van der Waals surface area contributed by atoms with E-state index in [1.54, 1.807) is 12.7 Å². The SMILES string of the molecule is CCNC(=NCc1nc(-c2ccc(OC)cc2)n[nH]1)NCCC1=CCCCC1.I. The van der Waals surface area contributed by atoms with E-state index in [-0.39, 0.29) is 24.0 Å². The van der Waals surface area contributed by atoms with Crippen molar-refractivity contribution in [3.63, 3.8) is 0 Å². The van der Waals surface area contributed by atoms with E-state index in [0.29, 0.717) is 12.4 Å². The zero-order chi connectivity index (χ0) is 19.6. The quantitative estimate of drug-likeness (QED) is 0.216. The van der Waals surface area contributed by atoms with Crippen molar-refractivity contribution in [2.75, 3.05) is 20.2 Å². The van der Waals surface area contributed by atoms with Gasteiger partial charge in [0.1, 0.15) is 18.1 Å². The number of rotatable bonds is 8. The average molecular weight is 510 g/mol. The number of nitrogens with one attached hydrogen (secondary N) is 3. The fraction of sp³-hybridized carbons (Fsp3) is 0.476. The Bertz CT molecular complexity index is 800. The zero-order valence-electron chi connectivity index (χ0n) is 17.2. The molecule has 1 aromatic heterocycles. The van der Waals surface area contributed by atoms with Crippen LogP contribution >= 0.6 is 24.0 Å². The van der Waals surface area contributed by atoms with E-state index in [2.05, 4.69) is 43.8 Å². The largest absolute Gasteiger partial charge is 0.497 e. The van der Waals surface area contributed by atoms with Gasteiger partial charge in [0, 0.05) is 18.7 Å². The van der Waals surface area contributed by atoms with Gasteiger partial charge in [-0.15, -0.1) is 24.0 Å². The number of ether oxygens (including phenoxy) is 1. The third-order valence-corrected chi connectivity index (χ3v) is 4.73. The van der Waals surface area contributed by atoms with Crippen LogP contribution in [0, 0.1) is 0 Å². The van der Waals surface area contributed by atoms with Crippen molar-refractivity contribution < 1.29 is 4.74 Å². The summed E-state index contributed by atoms with van der Waals surface area (Å²) in [6, 6.07) is 7.69. The zero-order valence-corrected chi connectivity index (χ0v) is 19.5. The maximum Gasteiger partial charge on any atom is 0.191 e. The number of methoxy groups -OCH3 is 1. The highest BCUT2D eigenvalue weighted by Gasteiger charge is 2.07. The first kappa shape index (κ1) is 23.2. The van der Waals surface area contributed by atoms with E-state index in [1.165, 1.54) is 25.7 Å². The number of hydrogen-bond donors (Lipinski definition) is 3. The summed E-state index contributed by atoms with van der Waals surface area (Å²) in [4.78, 5) is 9.16. The number of aromatic nitrogens is 3. The Hall–Kier alpha value is -2.10. The summed E-state index contributed by atoms with van der Waals surface area (Å²) < 4.78 is 5.19. The molecule has 0 aliphatic heterocycles. The molecule has 0 amide bonds. The molecule has 7 nitrogen and oxygen atoms in total. The fourth-order valence-corrected chi connectivity index (χ4v) is 3.20. The highest BCUT2D eigenvalue weighted by molar-refractivity contribution is 14.0. The average Bonchev–Trinajstić information content (AvgIpc) is 3.22. The molecule has 0 atom stereocenters. The summed E-state index contributed by atoms with van der Waals surface area (Å²) in [5.74, 6) is 3.02. The van der Waals surface area contributed by atoms with Gasteiger partial charge in [-0.3, -0.25) is 5.10 Å². The molecule has 2 aromatic rings. The number of aliphatic imine (C=N–C) groups is 1. The van der Waals surface area contributed by atoms with Crippen molar-refractivity contribution in [2.45, 2.75) is 45.6 Å². The first-order valence-electron chi connectivity index (χ1n) is 10.0. The summed E-state index contributed by atoms with van der Waals surface area (Å²) in [5.41, 5.74) is 2.51. The molecule has 1 heterocycles. The summed E-state index contributed by atoms with van der Waals surface area (Å²) in [6.45, 7) is 4.23. The van der Waals surface area contributed by atoms with Gasteiger partial charge in [-0.2, -0.15) is 5.10 Å². The summed E-state index contributed by atoms with van der Waals surface area (Å²) in [7, 11) is 1.65. The van der Waals surface area contributed by atoms with Gasteiger partial charge >= 0.3 is 0 Å². The van der Waals surface area contributed by atoms with E-state index in [9.17, 15) is 0 Å². The molecule has 1 aliphatic rings. The lowest BCUT2D eigenvalue weighted by Crippen LogP contribution is -2.37. The number of hydrogen-bond acceptors (Lipinski definition) is 4. The van der Waals surface area contributed by atoms with Gasteiger partial charge in [0.25, 0.3) is 0 Å². The number of nitrogens with zero attached hydrogens (tertiary/aromatic N) is 3. The minimum Gasteiger partial charge on any atom is -0.497 e. The van der Waals surface area contributed by atoms with Crippen LogP contribution in [-0.2, 0) is 6.54 Å². The van der Waals surface area contributed by atoms with Gasteiger partial charge in [-0.1, -0.05) is 11.6 Å². The summed E-state index contributed by atoms with van der Waals surface area (Å²) >= 11 is 0. The van der Waals surface area contributed by atoms with Crippen LogP contribution in [0.1, 0.15) is 44.9 Å². The summed E-state index contributed by atoms with van der Waals surface area (Å²) in [5, 5.41) is 14.0. The predicted molar refractivity (Wildman–Crippen MR) is 128 cm³/mol. The van der Waals surface area contributed by atoms with E-state index in [4.69, 9.17) is 4.74 Å². The Morgan fingerprint density at radius 1 is 1.21 bits per heavy atom. The maximum atomic E-state index is 5.19. The van der Waals surface area contributed by atoms with Crippen LogP contribution < -0.4 is 15.4 Å². The molecule has 0 saturated carbocycles. The molecule has 3 rings (SSSR count). The van der Waals surface area contributed by atoms with Crippen LogP contribution in [0.3, 0.4) is 0 Å². The van der Waals surface area contributed by atoms with Crippen molar-refractivity contribution >= 4 is 29.9 Å². The lowest BCUT2D eigenvalue weighted by molar-refractivity contribution is 0.415. The molecule has 0 saturated heterocycles. The van der Waals surface area contributed by atoms with E-state index in [1.807, 2.05) is 24.3 Å². The van der Waals surface area contributed by atoms with Crippen LogP contribution in [0.15, 0.2) is 40.9 Å². The lowest BCUT2D eigenvalue weighted by atomic mass is 9.97. The molecule has 0 radical (unpaired) electrons. The topological polar surface area (TPSA) is 87.2 Å². The Kier molecular flexibility index (Phi) is 9.96. The van der Waals surface area contributed by atoms with Crippen LogP contribution in [0.2, 0.25) is 0 Å². The highest BCUT2D eigenvalue weighted by atomic mass is 127. The molecule has 8 heteroatoms. The Labute approximate surface area is 189 Å². The molecule has 3 N–H and O–H groups in total. The summed E-state index contributed by atoms with van der Waals surface area (Å²) in [6.07, 6.45) is 8.59. The van der Waals surface area contributed by atoms with Crippen molar-refractivity contribution in [1.82, 2.24) is 25.8 Å². The minimum atomic E-state index is 0. The van der Waals surface area contributed by atoms with E-state index >= 15 is 0 Å². The van der Waals surface area contributed by atoms with Crippen LogP contribution in [0.5, 0.6) is 5.75 Å². The third kappa shape index (κ3) is 7.34. The lowest BCUT2D eigenvalue weighted by Gasteiger charge is -2.14. The minimum absolute atomic E-state index is 0. The number of benzene rings is 1. The Balaban J connectivity index is 0.00000300. The Morgan fingerprint density at radius 3 is 2.72 bits per heavy atom. The van der Waals surface area contributed by atoms with Gasteiger partial charge < -0.3 is 15.4 Å². The smallest absolute Gasteiger partial charge is 0.191 e. The van der Waals surface area contributed by atoms with Crippen molar-refractivity contribution in [2.24, 2.45) is 4.99 Å². The van der Waals surface area contributed by atoms with Crippen molar-refractivity contribution in [3.8, 4) is 17.1 Å². The van der Waals surface area contributed by atoms with Crippen molar-refractivity contribution in [3.05, 3.63) is 41.7 Å². The first-order valence-corrected chi connectivity index (χ1v) is 10.0. The maximum absolute atomic E-state index is 5.19. The number of halogens is 1. The molecule has 158 valence electrons. The number of allylic oxidation sites excluding steroid dienone is 1. The van der Waals surface area contributed by atoms with Crippen LogP contribution in [0.4, 0.5) is 0 Å². The number of H-pyrrole nitrogens is 1. The first-order chi connectivity index (χ1) is 13.8. The normalized spacial score (nSPS) is 14.0. The van der Waals surface area contributed by atoms with Gasteiger partial charge in [0.05, 0.1) is 7.11 Å². The number of guanidine groups is 1. The van der Waals surface area contributed by atoms with Crippen LogP contribution in [-0.4, -0.2) is 41.3 Å². The molecule has 29 heavy (non-hydrogen) atoms. The van der Waals surface area contributed by atoms with Gasteiger partial charge in [0.15, 0.2) is 11.8 Å². The second-order valence-corrected chi connectivity index (χ2v) is 6.81. The molecule has 1 aromatic carbocycles. The van der Waals surface area contributed by atoms with Gasteiger partial charge in [-0.25, -0.2) is 9.98 Å². The predicted octanol–water partition coefficient (Wildman–Crippen LogP) is 4.04. The highest BCUT2D eigenvalue weighted by Crippen LogP contribution is 2.20. The third-order valence-electron chi connectivity index (χ3n) is 4.73. The standard InChI is InChI=1S/C21H30N6O.HI/c1-3-22-21(23-14-13-16-7-5-4-6-8-16)24-15-19-25-20(27-26-19)17-9-11-18(28-2)12-10-17;/h7,9-12H,3-6,8,13-15H2,1-2H3,(H2,22,23,24)(H,25,26,27);1H. The van der Waals surface area contributed by atoms with Gasteiger partial charge in [-0.05, 0) is 63.3 Å². The van der Waals surface area contributed by atoms with Crippen molar-refractivity contribution in [1.29, 1.82) is 0 Å². The molecule has 0 spiro atoms. The van der Waals surface area contributed by atoms with Crippen LogP contribution in [0.25, 0.3) is 11.4 Å². The molecular formula is C21H31IN6O. The molecule has 0 bridgehead atoms. The monoisotopic (exact) mass is 510 g/mol. The molecule has 0 unspecified atom stereocenters. The fourth-order valence-electron chi connectivity index (χ4n) is 3.20. The Morgan fingerprint density at radius 2 is 2.03 bits per heavy atom. The van der Waals surface area contributed by atoms with E-state index in [0.717, 1.165) is 42.6 Å². The molecule has 0 fully saturated rings. The van der Waals surface area contributed by atoms with Gasteiger partial charge in [0.2, 0.25) is 0 Å². The van der Waals surface area contributed by atoms with E-state index < -0.39 is 0 Å². The number of aromatic amines is 1. The molecule has 1 aliphatic carbocycles. The second-order valence-electron chi connectivity index (χ2n) is 6.81.